The molecule has 4 N–H and O–H groups in total. The third-order valence-electron chi connectivity index (χ3n) is 2.79. The monoisotopic (exact) mass is 240 g/mol. The summed E-state index contributed by atoms with van der Waals surface area (Å²) in [4.78, 5) is 22.4. The third-order valence-corrected chi connectivity index (χ3v) is 2.79. The van der Waals surface area contributed by atoms with Crippen molar-refractivity contribution in [2.75, 3.05) is 0 Å². The van der Waals surface area contributed by atoms with Crippen LogP contribution in [0, 0.1) is 11.8 Å². The average molecular weight is 240 g/mol. The summed E-state index contributed by atoms with van der Waals surface area (Å²) < 4.78 is 0. The first-order valence-electron chi connectivity index (χ1n) is 5.87. The maximum Gasteiger partial charge on any atom is 0.310 e. The van der Waals surface area contributed by atoms with Crippen molar-refractivity contribution in [2.24, 2.45) is 17.6 Å². The molecule has 5 nitrogen and oxygen atoms in total. The minimum atomic E-state index is -0.857. The highest BCUT2D eigenvalue weighted by Crippen LogP contribution is 2.18. The van der Waals surface area contributed by atoms with E-state index in [0.29, 0.717) is 18.8 Å². The van der Waals surface area contributed by atoms with Gasteiger partial charge in [-0.2, -0.15) is 0 Å². The normalized spacial score (nSPS) is 24.9. The van der Waals surface area contributed by atoms with Crippen molar-refractivity contribution in [3.05, 3.63) is 12.2 Å². The van der Waals surface area contributed by atoms with Crippen LogP contribution in [0.4, 0.5) is 0 Å². The number of amides is 1. The average Bonchev–Trinajstić information content (AvgIpc) is 2.65. The van der Waals surface area contributed by atoms with E-state index >= 15 is 0 Å². The Morgan fingerprint density at radius 3 is 2.59 bits per heavy atom. The van der Waals surface area contributed by atoms with Crippen LogP contribution in [-0.4, -0.2) is 29.1 Å². The number of carbonyl (C=O) groups is 2. The molecule has 0 saturated carbocycles. The van der Waals surface area contributed by atoms with Crippen LogP contribution < -0.4 is 11.1 Å². The Kier molecular flexibility index (Phi) is 4.69. The highest BCUT2D eigenvalue weighted by atomic mass is 16.4. The van der Waals surface area contributed by atoms with Gasteiger partial charge in [-0.05, 0) is 18.8 Å². The highest BCUT2D eigenvalue weighted by molar-refractivity contribution is 5.82. The minimum absolute atomic E-state index is 0.207. The number of nitrogens with one attached hydrogen (secondary N) is 1. The molecule has 0 aliphatic heterocycles. The van der Waals surface area contributed by atoms with Crippen LogP contribution in [0.15, 0.2) is 12.2 Å². The van der Waals surface area contributed by atoms with Gasteiger partial charge in [-0.25, -0.2) is 0 Å². The first-order valence-corrected chi connectivity index (χ1v) is 5.87. The molecule has 0 spiro atoms. The van der Waals surface area contributed by atoms with Gasteiger partial charge in [0.1, 0.15) is 0 Å². The summed E-state index contributed by atoms with van der Waals surface area (Å²) in [5.74, 6) is -1.20. The van der Waals surface area contributed by atoms with Crippen LogP contribution in [0.3, 0.4) is 0 Å². The van der Waals surface area contributed by atoms with Gasteiger partial charge in [-0.1, -0.05) is 26.0 Å². The first-order chi connectivity index (χ1) is 7.90. The fourth-order valence-corrected chi connectivity index (χ4v) is 1.89. The highest BCUT2D eigenvalue weighted by Gasteiger charge is 2.26. The summed E-state index contributed by atoms with van der Waals surface area (Å²) in [6.45, 7) is 4.01. The van der Waals surface area contributed by atoms with Gasteiger partial charge in [0.25, 0.3) is 0 Å². The second kappa shape index (κ2) is 5.82. The summed E-state index contributed by atoms with van der Waals surface area (Å²) in [5.41, 5.74) is 5.74. The largest absolute Gasteiger partial charge is 0.481 e. The molecule has 0 aromatic carbocycles. The van der Waals surface area contributed by atoms with Crippen molar-refractivity contribution in [1.29, 1.82) is 0 Å². The Hall–Kier alpha value is -1.36. The van der Waals surface area contributed by atoms with Gasteiger partial charge in [0.2, 0.25) is 5.91 Å². The first kappa shape index (κ1) is 13.7. The molecule has 96 valence electrons. The lowest BCUT2D eigenvalue weighted by molar-refractivity contribution is -0.140. The summed E-state index contributed by atoms with van der Waals surface area (Å²) in [7, 11) is 0. The molecule has 0 fully saturated rings. The van der Waals surface area contributed by atoms with Crippen LogP contribution in [0.2, 0.25) is 0 Å². The zero-order valence-electron chi connectivity index (χ0n) is 10.2. The van der Waals surface area contributed by atoms with Gasteiger partial charge < -0.3 is 16.2 Å². The standard InChI is InChI=1S/C12H20N2O3/c1-7(2)5-10(13)11(15)14-9-4-3-8(6-9)12(16)17/h3-4,7-10H,5-6,13H2,1-2H3,(H,14,15)(H,16,17)/t8?,9?,10-/m1/s1. The molecular formula is C12H20N2O3. The van der Waals surface area contributed by atoms with Gasteiger partial charge in [0.15, 0.2) is 0 Å². The summed E-state index contributed by atoms with van der Waals surface area (Å²) in [6, 6.07) is -0.728. The summed E-state index contributed by atoms with van der Waals surface area (Å²) >= 11 is 0. The Labute approximate surface area is 101 Å². The second-order valence-corrected chi connectivity index (χ2v) is 4.92. The topological polar surface area (TPSA) is 92.4 Å². The lowest BCUT2D eigenvalue weighted by Crippen LogP contribution is -2.45. The molecule has 1 aliphatic rings. The number of carboxylic acid groups (broad SMARTS) is 1. The molecule has 0 radical (unpaired) electrons. The molecule has 3 atom stereocenters. The fraction of sp³-hybridized carbons (Fsp3) is 0.667. The maximum atomic E-state index is 11.7. The predicted molar refractivity (Wildman–Crippen MR) is 64.2 cm³/mol. The number of hydrogen-bond donors (Lipinski definition) is 3. The van der Waals surface area contributed by atoms with E-state index in [-0.39, 0.29) is 11.9 Å². The quantitative estimate of drug-likeness (QED) is 0.610. The van der Waals surface area contributed by atoms with Crippen molar-refractivity contribution in [1.82, 2.24) is 5.32 Å². The van der Waals surface area contributed by atoms with E-state index in [1.165, 1.54) is 0 Å². The fourth-order valence-electron chi connectivity index (χ4n) is 1.89. The van der Waals surface area contributed by atoms with Crippen LogP contribution >= 0.6 is 0 Å². The maximum absolute atomic E-state index is 11.7. The Morgan fingerprint density at radius 1 is 1.47 bits per heavy atom. The van der Waals surface area contributed by atoms with Gasteiger partial charge in [0, 0.05) is 6.04 Å². The Balaban J connectivity index is 2.38. The Morgan fingerprint density at radius 2 is 2.12 bits per heavy atom. The zero-order chi connectivity index (χ0) is 13.0. The number of carboxylic acids is 1. The molecular weight excluding hydrogens is 220 g/mol. The van der Waals surface area contributed by atoms with Crippen molar-refractivity contribution >= 4 is 11.9 Å². The van der Waals surface area contributed by atoms with E-state index in [1.54, 1.807) is 12.2 Å². The van der Waals surface area contributed by atoms with E-state index in [9.17, 15) is 9.59 Å². The lowest BCUT2D eigenvalue weighted by Gasteiger charge is -2.17. The van der Waals surface area contributed by atoms with Crippen molar-refractivity contribution in [3.63, 3.8) is 0 Å². The number of carbonyl (C=O) groups excluding carboxylic acids is 1. The lowest BCUT2D eigenvalue weighted by atomic mass is 10.0. The predicted octanol–water partition coefficient (Wildman–Crippen LogP) is 0.505. The van der Waals surface area contributed by atoms with Crippen LogP contribution in [-0.2, 0) is 9.59 Å². The molecule has 1 amide bonds. The number of hydrogen-bond acceptors (Lipinski definition) is 3. The molecule has 1 aliphatic carbocycles. The molecule has 0 aromatic heterocycles. The molecule has 0 aromatic rings. The van der Waals surface area contributed by atoms with E-state index in [2.05, 4.69) is 5.32 Å². The molecule has 0 saturated heterocycles. The van der Waals surface area contributed by atoms with Gasteiger partial charge in [0.05, 0.1) is 12.0 Å². The van der Waals surface area contributed by atoms with E-state index in [1.807, 2.05) is 13.8 Å². The van der Waals surface area contributed by atoms with Gasteiger partial charge in [-0.3, -0.25) is 9.59 Å². The molecule has 0 heterocycles. The van der Waals surface area contributed by atoms with Crippen LogP contribution in [0.25, 0.3) is 0 Å². The van der Waals surface area contributed by atoms with E-state index in [0.717, 1.165) is 0 Å². The second-order valence-electron chi connectivity index (χ2n) is 4.92. The van der Waals surface area contributed by atoms with Crippen LogP contribution in [0.1, 0.15) is 26.7 Å². The zero-order valence-corrected chi connectivity index (χ0v) is 10.2. The van der Waals surface area contributed by atoms with E-state index in [4.69, 9.17) is 10.8 Å². The number of rotatable bonds is 5. The molecule has 17 heavy (non-hydrogen) atoms. The van der Waals surface area contributed by atoms with Crippen molar-refractivity contribution in [2.45, 2.75) is 38.8 Å². The molecule has 0 bridgehead atoms. The Bertz CT molecular complexity index is 326. The third kappa shape index (κ3) is 4.19. The molecule has 2 unspecified atom stereocenters. The van der Waals surface area contributed by atoms with Gasteiger partial charge >= 0.3 is 5.97 Å². The van der Waals surface area contributed by atoms with Crippen molar-refractivity contribution < 1.29 is 14.7 Å². The SMILES string of the molecule is CC(C)C[C@@H](N)C(=O)NC1C=CC(C(=O)O)C1. The molecule has 5 heteroatoms. The number of aliphatic carboxylic acids is 1. The van der Waals surface area contributed by atoms with Crippen LogP contribution in [0.5, 0.6) is 0 Å². The van der Waals surface area contributed by atoms with Crippen molar-refractivity contribution in [3.8, 4) is 0 Å². The smallest absolute Gasteiger partial charge is 0.310 e. The van der Waals surface area contributed by atoms with E-state index < -0.39 is 17.9 Å². The number of nitrogens with two attached hydrogens (primary N) is 1. The molecule has 1 rings (SSSR count). The van der Waals surface area contributed by atoms with Gasteiger partial charge in [-0.15, -0.1) is 0 Å². The summed E-state index contributed by atoms with van der Waals surface area (Å²) in [5, 5.41) is 11.6. The minimum Gasteiger partial charge on any atom is -0.481 e. The summed E-state index contributed by atoms with van der Waals surface area (Å²) in [6.07, 6.45) is 4.38.